The molecule has 0 spiro atoms. The number of aromatic carboxylic acids is 1. The summed E-state index contributed by atoms with van der Waals surface area (Å²) in [6.45, 7) is 13.3. The minimum atomic E-state index is -2.54. The lowest BCUT2D eigenvalue weighted by atomic mass is 9.87. The van der Waals surface area contributed by atoms with Crippen LogP contribution in [-0.2, 0) is 14.3 Å². The molecular formula is C39H37NO13. The summed E-state index contributed by atoms with van der Waals surface area (Å²) in [7, 11) is 1.13. The van der Waals surface area contributed by atoms with Crippen molar-refractivity contribution in [2.75, 3.05) is 7.11 Å². The molecule has 0 heterocycles. The highest BCUT2D eigenvalue weighted by atomic mass is 16.6. The van der Waals surface area contributed by atoms with Crippen LogP contribution >= 0.6 is 0 Å². The molecule has 14 nitrogen and oxygen atoms in total. The third-order valence-electron chi connectivity index (χ3n) is 9.64. The van der Waals surface area contributed by atoms with Crippen LogP contribution in [-0.4, -0.2) is 62.8 Å². The Morgan fingerprint density at radius 2 is 1.23 bits per heavy atom. The molecule has 0 radical (unpaired) electrons. The van der Waals surface area contributed by atoms with Crippen molar-refractivity contribution in [3.8, 4) is 34.8 Å². The number of benzene rings is 3. The van der Waals surface area contributed by atoms with E-state index in [1.807, 2.05) is 0 Å². The molecule has 276 valence electrons. The van der Waals surface area contributed by atoms with Crippen molar-refractivity contribution in [2.24, 2.45) is 0 Å². The van der Waals surface area contributed by atoms with E-state index in [1.54, 1.807) is 33.8 Å². The maximum atomic E-state index is 13.6. The Labute approximate surface area is 304 Å². The Bertz CT molecular complexity index is 2260. The van der Waals surface area contributed by atoms with Crippen LogP contribution in [0.5, 0.6) is 28.7 Å². The molecule has 0 amide bonds. The van der Waals surface area contributed by atoms with Crippen molar-refractivity contribution in [3.05, 3.63) is 96.3 Å². The number of aliphatic hydroxyl groups is 1. The fourth-order valence-electron chi connectivity index (χ4n) is 6.14. The van der Waals surface area contributed by atoms with Gasteiger partial charge in [-0.15, -0.1) is 0 Å². The largest absolute Gasteiger partial charge is 0.507 e. The minimum absolute atomic E-state index is 0.0268. The first-order chi connectivity index (χ1) is 24.6. The lowest BCUT2D eigenvalue weighted by Crippen LogP contribution is -2.47. The highest BCUT2D eigenvalue weighted by Gasteiger charge is 2.48. The van der Waals surface area contributed by atoms with E-state index < -0.39 is 69.4 Å². The number of allylic oxidation sites excluding steroid dienone is 2. The van der Waals surface area contributed by atoms with Crippen molar-refractivity contribution in [2.45, 2.75) is 67.9 Å². The summed E-state index contributed by atoms with van der Waals surface area (Å²) in [6, 6.07) is 2.99. The zero-order chi connectivity index (χ0) is 40.0. The summed E-state index contributed by atoms with van der Waals surface area (Å²) in [4.78, 5) is 64.2. The molecule has 0 aromatic heterocycles. The lowest BCUT2D eigenvalue weighted by Gasteiger charge is -2.30. The molecular weight excluding hydrogens is 690 g/mol. The summed E-state index contributed by atoms with van der Waals surface area (Å²) in [5.41, 5.74) is -2.12. The van der Waals surface area contributed by atoms with Gasteiger partial charge in [0.2, 0.25) is 5.60 Å². The van der Waals surface area contributed by atoms with Crippen LogP contribution in [0.1, 0.15) is 88.1 Å². The smallest absolute Gasteiger partial charge is 0.356 e. The lowest BCUT2D eigenvalue weighted by molar-refractivity contribution is -0.151. The van der Waals surface area contributed by atoms with E-state index in [0.29, 0.717) is 22.3 Å². The number of hydrogen-bond acceptors (Lipinski definition) is 13. The predicted molar refractivity (Wildman–Crippen MR) is 187 cm³/mol. The first-order valence-corrected chi connectivity index (χ1v) is 16.0. The summed E-state index contributed by atoms with van der Waals surface area (Å²) in [5.74, 6) is -7.59. The van der Waals surface area contributed by atoms with Crippen molar-refractivity contribution in [1.82, 2.24) is 0 Å². The number of nitrogens with zero attached hydrogens (tertiary/aromatic N) is 1. The van der Waals surface area contributed by atoms with Gasteiger partial charge in [-0.1, -0.05) is 0 Å². The number of aryl methyl sites for hydroxylation is 1. The van der Waals surface area contributed by atoms with Gasteiger partial charge in [-0.05, 0) is 119 Å². The number of rotatable bonds is 8. The van der Waals surface area contributed by atoms with Crippen LogP contribution in [0.25, 0.3) is 0 Å². The van der Waals surface area contributed by atoms with Crippen LogP contribution in [0.3, 0.4) is 0 Å². The number of nitriles is 1. The van der Waals surface area contributed by atoms with Crippen molar-refractivity contribution in [3.63, 3.8) is 0 Å². The Kier molecular flexibility index (Phi) is 10.6. The van der Waals surface area contributed by atoms with Gasteiger partial charge in [-0.3, -0.25) is 4.79 Å². The zero-order valence-corrected chi connectivity index (χ0v) is 30.6. The van der Waals surface area contributed by atoms with Crippen LogP contribution < -0.4 is 14.2 Å². The van der Waals surface area contributed by atoms with E-state index in [9.17, 15) is 49.7 Å². The molecule has 1 aliphatic rings. The standard InChI is InChI=1S/C39H37NO13/c1-15-11-26(23(9)31(42)28(15)36(46)52-33-20(6)17(3)29(35(44)45)18(4)21(33)7)51-37(47)30-19(5)22(8)34(25(14-40)32(30)43)53-38(48)39(49)16(2)12-24(41)13-27(39)50-10/h11-13,42-43,49H,1-10H3,(H,44,45)/t39-/m1/s1. The summed E-state index contributed by atoms with van der Waals surface area (Å²) < 4.78 is 21.8. The maximum Gasteiger partial charge on any atom is 0.356 e. The van der Waals surface area contributed by atoms with Crippen LogP contribution in [0.4, 0.5) is 0 Å². The topological polar surface area (TPSA) is 227 Å². The number of carbonyl (C=O) groups is 5. The van der Waals surface area contributed by atoms with Gasteiger partial charge in [0.05, 0.1) is 12.7 Å². The van der Waals surface area contributed by atoms with Gasteiger partial charge in [0, 0.05) is 11.6 Å². The first kappa shape index (κ1) is 39.3. The van der Waals surface area contributed by atoms with Gasteiger partial charge in [0.25, 0.3) is 0 Å². The van der Waals surface area contributed by atoms with E-state index in [4.69, 9.17) is 18.9 Å². The average Bonchev–Trinajstić information content (AvgIpc) is 3.08. The number of esters is 3. The second-order valence-corrected chi connectivity index (χ2v) is 12.7. The number of hydrogen-bond donors (Lipinski definition) is 4. The predicted octanol–water partition coefficient (Wildman–Crippen LogP) is 5.27. The van der Waals surface area contributed by atoms with Gasteiger partial charge in [0.1, 0.15) is 45.8 Å². The second kappa shape index (κ2) is 14.3. The van der Waals surface area contributed by atoms with Crippen LogP contribution in [0, 0.1) is 66.7 Å². The van der Waals surface area contributed by atoms with E-state index in [2.05, 4.69) is 0 Å². The zero-order valence-electron chi connectivity index (χ0n) is 30.6. The Balaban J connectivity index is 1.69. The van der Waals surface area contributed by atoms with Crippen molar-refractivity contribution >= 4 is 29.7 Å². The van der Waals surface area contributed by atoms with Crippen molar-refractivity contribution < 1.29 is 63.3 Å². The second-order valence-electron chi connectivity index (χ2n) is 12.7. The summed E-state index contributed by atoms with van der Waals surface area (Å²) in [5, 5.41) is 53.2. The molecule has 1 atom stereocenters. The number of aromatic hydroxyl groups is 2. The molecule has 0 fully saturated rings. The number of ketones is 1. The average molecular weight is 728 g/mol. The molecule has 4 rings (SSSR count). The van der Waals surface area contributed by atoms with E-state index >= 15 is 0 Å². The SMILES string of the molecule is COC1=CC(=O)C=C(C)[C@]1(O)C(=O)Oc1c(C)c(C)c(C(=O)Oc2cc(C)c(C(=O)Oc3c(C)c(C)c(C(=O)O)c(C)c3C)c(O)c2C)c(O)c1C#N. The fourth-order valence-corrected chi connectivity index (χ4v) is 6.14. The number of methoxy groups -OCH3 is 1. The minimum Gasteiger partial charge on any atom is -0.507 e. The molecule has 3 aromatic carbocycles. The van der Waals surface area contributed by atoms with E-state index in [-0.39, 0.29) is 50.5 Å². The Morgan fingerprint density at radius 1 is 0.698 bits per heavy atom. The van der Waals surface area contributed by atoms with Gasteiger partial charge < -0.3 is 39.4 Å². The quantitative estimate of drug-likeness (QED) is 0.171. The molecule has 53 heavy (non-hydrogen) atoms. The first-order valence-electron chi connectivity index (χ1n) is 16.0. The molecule has 0 saturated carbocycles. The van der Waals surface area contributed by atoms with Crippen LogP contribution in [0.2, 0.25) is 0 Å². The number of ether oxygens (including phenoxy) is 4. The molecule has 0 unspecified atom stereocenters. The number of carboxylic acids is 1. The van der Waals surface area contributed by atoms with Crippen molar-refractivity contribution in [1.29, 1.82) is 5.26 Å². The highest BCUT2D eigenvalue weighted by molar-refractivity contribution is 6.06. The number of carbonyl (C=O) groups excluding carboxylic acids is 4. The molecule has 1 aliphatic carbocycles. The molecule has 3 aromatic rings. The number of carboxylic acid groups (broad SMARTS) is 1. The fraction of sp³-hybridized carbons (Fsp3) is 0.282. The normalized spacial score (nSPS) is 15.2. The van der Waals surface area contributed by atoms with Gasteiger partial charge in [-0.25, -0.2) is 19.2 Å². The third kappa shape index (κ3) is 6.47. The summed E-state index contributed by atoms with van der Waals surface area (Å²) in [6.07, 6.45) is 1.90. The van der Waals surface area contributed by atoms with Crippen LogP contribution in [0.15, 0.2) is 29.6 Å². The van der Waals surface area contributed by atoms with Gasteiger partial charge in [0.15, 0.2) is 17.3 Å². The molecule has 0 saturated heterocycles. The molecule has 14 heteroatoms. The third-order valence-corrected chi connectivity index (χ3v) is 9.64. The molecule has 0 bridgehead atoms. The van der Waals surface area contributed by atoms with E-state index in [0.717, 1.165) is 19.3 Å². The highest BCUT2D eigenvalue weighted by Crippen LogP contribution is 2.42. The van der Waals surface area contributed by atoms with Gasteiger partial charge >= 0.3 is 23.9 Å². The maximum absolute atomic E-state index is 13.6. The molecule has 0 aliphatic heterocycles. The number of phenolic OH excluding ortho intramolecular Hbond substituents is 2. The summed E-state index contributed by atoms with van der Waals surface area (Å²) >= 11 is 0. The Morgan fingerprint density at radius 3 is 1.75 bits per heavy atom. The monoisotopic (exact) mass is 727 g/mol. The number of phenols is 2. The molecule has 4 N–H and O–H groups in total. The van der Waals surface area contributed by atoms with E-state index in [1.165, 1.54) is 40.7 Å². The Hall–Kier alpha value is -6.46. The van der Waals surface area contributed by atoms with Gasteiger partial charge in [-0.2, -0.15) is 5.26 Å².